The van der Waals surface area contributed by atoms with Crippen molar-refractivity contribution in [3.63, 3.8) is 0 Å². The first-order valence-electron chi connectivity index (χ1n) is 23.5. The summed E-state index contributed by atoms with van der Waals surface area (Å²) in [5.41, 5.74) is 7.53. The van der Waals surface area contributed by atoms with E-state index in [1.165, 1.54) is 23.9 Å². The van der Waals surface area contributed by atoms with Crippen LogP contribution >= 0.6 is 0 Å². The average Bonchev–Trinajstić information content (AvgIpc) is 3.73. The van der Waals surface area contributed by atoms with Gasteiger partial charge in [0.1, 0.15) is 31.0 Å². The van der Waals surface area contributed by atoms with Crippen molar-refractivity contribution in [1.82, 2.24) is 35.3 Å². The molecule has 2 aromatic heterocycles. The van der Waals surface area contributed by atoms with Crippen LogP contribution < -0.4 is 37.3 Å². The van der Waals surface area contributed by atoms with Gasteiger partial charge in [-0.3, -0.25) is 19.2 Å². The van der Waals surface area contributed by atoms with Gasteiger partial charge in [0.15, 0.2) is 5.60 Å². The van der Waals surface area contributed by atoms with Gasteiger partial charge in [-0.2, -0.15) is 0 Å². The molecule has 73 heavy (non-hydrogen) atoms. The van der Waals surface area contributed by atoms with Gasteiger partial charge in [0.2, 0.25) is 17.7 Å². The number of carbonyl (C=O) groups excluding carboxylic acids is 7. The molecule has 0 spiro atoms. The number of primary amides is 1. The molecule has 0 bridgehead atoms. The maximum Gasteiger partial charge on any atom is 0.415 e. The molecule has 6 rings (SSSR count). The second kappa shape index (κ2) is 23.3. The molecule has 4 aromatic rings. The summed E-state index contributed by atoms with van der Waals surface area (Å²) in [7, 11) is 3.03. The number of anilines is 1. The minimum absolute atomic E-state index is 0.0238. The second-order valence-electron chi connectivity index (χ2n) is 17.9. The van der Waals surface area contributed by atoms with E-state index < -0.39 is 71.5 Å². The number of amides is 7. The zero-order valence-corrected chi connectivity index (χ0v) is 41.2. The number of carboxylic acids is 1. The summed E-state index contributed by atoms with van der Waals surface area (Å²) in [6.07, 6.45) is 0.930. The smallest absolute Gasteiger partial charge is 0.415 e. The number of benzene rings is 2. The number of nitrogens with one attached hydrogen (secondary N) is 4. The number of carboxylic acid groups (broad SMARTS) is 1. The number of esters is 1. The predicted molar refractivity (Wildman–Crippen MR) is 263 cm³/mol. The highest BCUT2D eigenvalue weighted by molar-refractivity contribution is 6.00. The number of carbonyl (C=O) groups is 8. The Morgan fingerprint density at radius 2 is 1.63 bits per heavy atom. The number of fused-ring (bicyclic) bond motifs is 5. The van der Waals surface area contributed by atoms with Crippen molar-refractivity contribution in [2.45, 2.75) is 90.8 Å². The van der Waals surface area contributed by atoms with Crippen LogP contribution in [0.3, 0.4) is 0 Å². The normalized spacial score (nSPS) is 15.3. The number of hydrogen-bond acceptors (Lipinski definition) is 14. The Balaban J connectivity index is 1.01. The molecule has 2 aliphatic rings. The summed E-state index contributed by atoms with van der Waals surface area (Å²) in [6.45, 7) is 7.05. The van der Waals surface area contributed by atoms with Crippen LogP contribution in [0.15, 0.2) is 65.5 Å². The molecule has 0 aliphatic carbocycles. The highest BCUT2D eigenvalue weighted by atomic mass is 16.6. The van der Waals surface area contributed by atoms with Gasteiger partial charge in [0.05, 0.1) is 29.0 Å². The highest BCUT2D eigenvalue weighted by Gasteiger charge is 2.45. The maximum absolute atomic E-state index is 13.7. The first-order chi connectivity index (χ1) is 34.6. The number of likely N-dealkylation sites (N-methyl/N-ethyl adjacent to an activating group) is 2. The molecule has 0 saturated carbocycles. The third-order valence-electron chi connectivity index (χ3n) is 12.5. The van der Waals surface area contributed by atoms with Crippen molar-refractivity contribution in [2.75, 3.05) is 39.0 Å². The molecular weight excluding hydrogens is 951 g/mol. The fourth-order valence-electron chi connectivity index (χ4n) is 8.37. The van der Waals surface area contributed by atoms with E-state index in [-0.39, 0.29) is 81.1 Å². The molecular formula is C50H59N9O14. The van der Waals surface area contributed by atoms with Crippen LogP contribution in [0, 0.1) is 5.92 Å². The summed E-state index contributed by atoms with van der Waals surface area (Å²) in [4.78, 5) is 121. The van der Waals surface area contributed by atoms with Crippen molar-refractivity contribution >= 4 is 64.5 Å². The number of aliphatic carboxylic acids is 1. The van der Waals surface area contributed by atoms with E-state index in [1.807, 2.05) is 6.92 Å². The Morgan fingerprint density at radius 3 is 2.27 bits per heavy atom. The molecule has 0 saturated heterocycles. The van der Waals surface area contributed by atoms with Crippen LogP contribution in [-0.2, 0) is 65.2 Å². The molecule has 2 aromatic carbocycles. The van der Waals surface area contributed by atoms with E-state index in [2.05, 4.69) is 21.3 Å². The third kappa shape index (κ3) is 12.6. The molecule has 388 valence electrons. The summed E-state index contributed by atoms with van der Waals surface area (Å²) in [6, 6.07) is 10.0. The Bertz CT molecular complexity index is 2920. The van der Waals surface area contributed by atoms with Gasteiger partial charge >= 0.3 is 30.2 Å². The monoisotopic (exact) mass is 1010 g/mol. The van der Waals surface area contributed by atoms with Crippen LogP contribution in [0.1, 0.15) is 74.8 Å². The lowest BCUT2D eigenvalue weighted by molar-refractivity contribution is -0.172. The van der Waals surface area contributed by atoms with Crippen LogP contribution in [0.4, 0.5) is 20.1 Å². The summed E-state index contributed by atoms with van der Waals surface area (Å²) < 4.78 is 18.0. The number of aromatic nitrogens is 2. The molecule has 23 heteroatoms. The lowest BCUT2D eigenvalue weighted by atomic mass is 9.86. The minimum Gasteiger partial charge on any atom is -0.478 e. The van der Waals surface area contributed by atoms with Gasteiger partial charge in [-0.25, -0.2) is 29.0 Å². The molecule has 23 nitrogen and oxygen atoms in total. The average molecular weight is 1010 g/mol. The van der Waals surface area contributed by atoms with Gasteiger partial charge in [-0.05, 0) is 79.1 Å². The Labute approximate surface area is 419 Å². The Hall–Kier alpha value is -8.34. The van der Waals surface area contributed by atoms with Gasteiger partial charge in [0.25, 0.3) is 5.56 Å². The number of aryl methyl sites for hydroxylation is 1. The van der Waals surface area contributed by atoms with E-state index in [0.29, 0.717) is 40.7 Å². The van der Waals surface area contributed by atoms with Gasteiger partial charge < -0.3 is 65.8 Å². The van der Waals surface area contributed by atoms with Crippen molar-refractivity contribution in [3.05, 3.63) is 98.9 Å². The fraction of sp³-hybridized carbons (Fsp3) is 0.400. The molecule has 3 atom stereocenters. The van der Waals surface area contributed by atoms with E-state index in [9.17, 15) is 48.3 Å². The molecule has 2 aliphatic heterocycles. The number of urea groups is 1. The van der Waals surface area contributed by atoms with Gasteiger partial charge in [0, 0.05) is 68.1 Å². The first-order valence-corrected chi connectivity index (χ1v) is 23.5. The number of pyridine rings is 2. The number of nitrogens with two attached hydrogens (primary N) is 1. The quantitative estimate of drug-likeness (QED) is 0.0335. The SMILES string of the molecule is CCc1c2c(nc3ccc(OC(=O)N(C)CCN(C)C(=O)OCc4ccc(NC(=O)[C@H](CCCNC(N)=O)NC(=O)[C@@H](NC(=O)/C=C\C(=O)O)C(C)C)cc4)cc13)-c1cc3c(c(=O)n1C2)COC(=O)[C@]3(O)CC. The lowest BCUT2D eigenvalue weighted by Crippen LogP contribution is -2.54. The Kier molecular flexibility index (Phi) is 17.2. The molecule has 0 radical (unpaired) electrons. The Morgan fingerprint density at radius 1 is 0.932 bits per heavy atom. The standard InChI is InChI=1S/C50H59N9O14/c1-7-31-32-22-30(15-16-36(32)54-42-33(31)24-59-38(42)23-35-34(45(59)65)26-71-46(66)50(35,70)8-2)73-49(69)58(6)21-20-57(5)48(68)72-25-28-11-13-29(14-12-28)53-43(63)37(10-9-19-52-47(51)67)55-44(64)41(27(3)4)56-39(60)17-18-40(61)62/h11-18,22-23,27,37,41,70H,7-10,19-21,24-26H2,1-6H3,(H,53,63)(H,55,64)(H,56,60)(H,61,62)(H3,51,52,67)/b18-17-/t37-,41-,50-/m0/s1. The van der Waals surface area contributed by atoms with Crippen molar-refractivity contribution in [3.8, 4) is 17.1 Å². The van der Waals surface area contributed by atoms with E-state index in [0.717, 1.165) is 22.6 Å². The van der Waals surface area contributed by atoms with Crippen LogP contribution in [0.25, 0.3) is 22.3 Å². The molecule has 8 N–H and O–H groups in total. The topological polar surface area (TPSA) is 320 Å². The van der Waals surface area contributed by atoms with E-state index in [4.69, 9.17) is 30.0 Å². The van der Waals surface area contributed by atoms with Crippen LogP contribution in [0.2, 0.25) is 0 Å². The highest BCUT2D eigenvalue weighted by Crippen LogP contribution is 2.41. The molecule has 0 fully saturated rings. The number of rotatable bonds is 20. The largest absolute Gasteiger partial charge is 0.478 e. The summed E-state index contributed by atoms with van der Waals surface area (Å²) in [5, 5.41) is 31.0. The minimum atomic E-state index is -1.95. The number of hydrogen-bond donors (Lipinski definition) is 7. The van der Waals surface area contributed by atoms with E-state index in [1.54, 1.807) is 73.9 Å². The van der Waals surface area contributed by atoms with Crippen molar-refractivity contribution in [1.29, 1.82) is 0 Å². The number of nitrogens with zero attached hydrogens (tertiary/aromatic N) is 4. The molecule has 7 amide bonds. The molecule has 0 unspecified atom stereocenters. The van der Waals surface area contributed by atoms with Crippen LogP contribution in [0.5, 0.6) is 5.75 Å². The zero-order valence-electron chi connectivity index (χ0n) is 41.2. The summed E-state index contributed by atoms with van der Waals surface area (Å²) >= 11 is 0. The zero-order chi connectivity index (χ0) is 53.3. The number of cyclic esters (lactones) is 1. The molecule has 4 heterocycles. The maximum atomic E-state index is 13.7. The second-order valence-corrected chi connectivity index (χ2v) is 17.9. The number of ether oxygens (including phenoxy) is 3. The van der Waals surface area contributed by atoms with Crippen molar-refractivity contribution in [2.24, 2.45) is 11.7 Å². The van der Waals surface area contributed by atoms with E-state index >= 15 is 0 Å². The third-order valence-corrected chi connectivity index (χ3v) is 12.5. The fourth-order valence-corrected chi connectivity index (χ4v) is 8.37. The van der Waals surface area contributed by atoms with Crippen molar-refractivity contribution < 1.29 is 62.8 Å². The summed E-state index contributed by atoms with van der Waals surface area (Å²) in [5.74, 6) is -4.48. The van der Waals surface area contributed by atoms with Crippen LogP contribution in [-0.4, -0.2) is 123 Å². The lowest BCUT2D eigenvalue weighted by Gasteiger charge is -2.31. The number of aliphatic hydroxyl groups is 1. The van der Waals surface area contributed by atoms with Gasteiger partial charge in [-0.1, -0.05) is 39.8 Å². The van der Waals surface area contributed by atoms with Gasteiger partial charge in [-0.15, -0.1) is 0 Å². The predicted octanol–water partition coefficient (Wildman–Crippen LogP) is 2.99. The first kappa shape index (κ1) is 54.0.